The van der Waals surface area contributed by atoms with Crippen LogP contribution < -0.4 is 0 Å². The Labute approximate surface area is 276 Å². The van der Waals surface area contributed by atoms with Crippen LogP contribution in [0.4, 0.5) is 0 Å². The Balaban J connectivity index is 0.000000150. The van der Waals surface area contributed by atoms with E-state index < -0.39 is 12.2 Å². The summed E-state index contributed by atoms with van der Waals surface area (Å²) < 4.78 is 0. The van der Waals surface area contributed by atoms with Crippen LogP contribution in [0.25, 0.3) is 0 Å². The lowest BCUT2D eigenvalue weighted by molar-refractivity contribution is 0.00588. The van der Waals surface area contributed by atoms with E-state index in [0.717, 1.165) is 36.8 Å². The van der Waals surface area contributed by atoms with Gasteiger partial charge in [-0.05, 0) is 118 Å². The molecule has 10 nitrogen and oxygen atoms in total. The summed E-state index contributed by atoms with van der Waals surface area (Å²) in [4.78, 5) is 57.9. The topological polar surface area (TPSA) is 122 Å². The van der Waals surface area contributed by atoms with E-state index in [1.807, 2.05) is 49.6 Å². The molecule has 1 unspecified atom stereocenters. The Morgan fingerprint density at radius 3 is 1.43 bits per heavy atom. The van der Waals surface area contributed by atoms with E-state index in [4.69, 9.17) is 0 Å². The van der Waals surface area contributed by atoms with E-state index in [0.29, 0.717) is 79.8 Å². The second kappa shape index (κ2) is 12.0. The summed E-state index contributed by atoms with van der Waals surface area (Å²) in [6.45, 7) is 11.2. The molecule has 0 radical (unpaired) electrons. The fourth-order valence-corrected chi connectivity index (χ4v) is 7.43. The van der Waals surface area contributed by atoms with E-state index in [1.165, 1.54) is 11.1 Å². The Hall–Kier alpha value is -3.76. The summed E-state index contributed by atoms with van der Waals surface area (Å²) in [5, 5.41) is 19.1. The van der Waals surface area contributed by atoms with Crippen LogP contribution in [0.3, 0.4) is 0 Å². The van der Waals surface area contributed by atoms with Crippen molar-refractivity contribution in [2.24, 2.45) is 0 Å². The van der Waals surface area contributed by atoms with Gasteiger partial charge in [0.2, 0.25) is 0 Å². The predicted molar refractivity (Wildman–Crippen MR) is 175 cm³/mol. The Kier molecular flexibility index (Phi) is 8.15. The standard InChI is InChI=1S/C19H24N2O3.C18H22N2O3/c1-11(2)21-10-17-15(12-3-4-12)7-13(8-16(17)19(21)24)18(23)20-6-5-14(22)9-20;1-10(2)20-9-16-14(11-3-4-11)5-12(6-15(16)18(20)23)17(22)19-7-13(21)8-19/h7-8,11-12,14,22H,3-6,9-10H2,1-2H3;5-6,10-11,13,21H,3-4,7-9H2,1-2H3. The molecule has 2 aliphatic carbocycles. The molecule has 6 aliphatic rings. The molecular weight excluding hydrogens is 596 g/mol. The maximum atomic E-state index is 12.8. The molecule has 250 valence electrons. The van der Waals surface area contributed by atoms with Crippen molar-refractivity contribution in [3.8, 4) is 0 Å². The molecule has 0 aromatic heterocycles. The van der Waals surface area contributed by atoms with Crippen LogP contribution >= 0.6 is 0 Å². The first-order valence-electron chi connectivity index (χ1n) is 17.3. The highest BCUT2D eigenvalue weighted by Gasteiger charge is 2.39. The molecule has 2 aromatic rings. The lowest BCUT2D eigenvalue weighted by atomic mass is 9.95. The molecule has 2 N–H and O–H groups in total. The summed E-state index contributed by atoms with van der Waals surface area (Å²) in [7, 11) is 0. The SMILES string of the molecule is CC(C)N1Cc2c(cc(C(=O)N3CC(O)C3)cc2C2CC2)C1=O.CC(C)N1Cc2c(cc(C(=O)N3CCC(O)C3)cc2C2CC2)C1=O. The number of benzene rings is 2. The van der Waals surface area contributed by atoms with Crippen molar-refractivity contribution in [1.82, 2.24) is 19.6 Å². The number of β-amino-alcohol motifs (C(OH)–C–C–N with tert-alkyl or cyclic N) is 2. The second-order valence-corrected chi connectivity index (χ2v) is 14.8. The summed E-state index contributed by atoms with van der Waals surface area (Å²) in [5.41, 5.74) is 7.21. The smallest absolute Gasteiger partial charge is 0.254 e. The van der Waals surface area contributed by atoms with Gasteiger partial charge in [0.15, 0.2) is 0 Å². The second-order valence-electron chi connectivity index (χ2n) is 14.8. The number of hydrogen-bond acceptors (Lipinski definition) is 6. The molecule has 0 bridgehead atoms. The molecule has 0 spiro atoms. The molecule has 10 heteroatoms. The predicted octanol–water partition coefficient (Wildman–Crippen LogP) is 3.88. The van der Waals surface area contributed by atoms with Crippen LogP contribution in [0.5, 0.6) is 0 Å². The van der Waals surface area contributed by atoms with Gasteiger partial charge in [0, 0.05) is 73.6 Å². The van der Waals surface area contributed by atoms with Crippen LogP contribution in [-0.2, 0) is 13.1 Å². The summed E-state index contributed by atoms with van der Waals surface area (Å²) in [6.07, 6.45) is 4.36. The first kappa shape index (κ1) is 31.8. The number of likely N-dealkylation sites (tertiary alicyclic amines) is 2. The van der Waals surface area contributed by atoms with Gasteiger partial charge in [-0.3, -0.25) is 19.2 Å². The first-order valence-corrected chi connectivity index (χ1v) is 17.3. The van der Waals surface area contributed by atoms with Crippen molar-refractivity contribution in [2.75, 3.05) is 26.2 Å². The number of carbonyl (C=O) groups is 4. The van der Waals surface area contributed by atoms with Crippen molar-refractivity contribution >= 4 is 23.6 Å². The van der Waals surface area contributed by atoms with E-state index in [9.17, 15) is 29.4 Å². The van der Waals surface area contributed by atoms with Crippen molar-refractivity contribution in [1.29, 1.82) is 0 Å². The van der Waals surface area contributed by atoms with Crippen LogP contribution in [0.1, 0.15) is 135 Å². The molecular formula is C37H46N4O6. The maximum Gasteiger partial charge on any atom is 0.254 e. The highest BCUT2D eigenvalue weighted by Crippen LogP contribution is 2.46. The van der Waals surface area contributed by atoms with Gasteiger partial charge >= 0.3 is 0 Å². The zero-order chi connectivity index (χ0) is 33.3. The third-order valence-corrected chi connectivity index (χ3v) is 10.6. The van der Waals surface area contributed by atoms with Crippen LogP contribution in [0.2, 0.25) is 0 Å². The molecule has 4 heterocycles. The van der Waals surface area contributed by atoms with Crippen molar-refractivity contribution in [2.45, 2.75) is 109 Å². The summed E-state index contributed by atoms with van der Waals surface area (Å²) in [6, 6.07) is 7.84. The van der Waals surface area contributed by atoms with Gasteiger partial charge in [-0.15, -0.1) is 0 Å². The van der Waals surface area contributed by atoms with E-state index in [1.54, 1.807) is 21.9 Å². The summed E-state index contributed by atoms with van der Waals surface area (Å²) in [5.74, 6) is 0.935. The van der Waals surface area contributed by atoms with Crippen molar-refractivity contribution in [3.05, 3.63) is 68.8 Å². The zero-order valence-electron chi connectivity index (χ0n) is 27.9. The van der Waals surface area contributed by atoms with Gasteiger partial charge < -0.3 is 29.8 Å². The minimum absolute atomic E-state index is 0.0372. The molecule has 2 saturated heterocycles. The molecule has 4 amide bonds. The van der Waals surface area contributed by atoms with Gasteiger partial charge in [0.05, 0.1) is 12.2 Å². The Bertz CT molecular complexity index is 1640. The number of rotatable bonds is 6. The minimum atomic E-state index is -0.427. The monoisotopic (exact) mass is 642 g/mol. The largest absolute Gasteiger partial charge is 0.391 e. The van der Waals surface area contributed by atoms with E-state index in [-0.39, 0.29) is 35.7 Å². The average molecular weight is 643 g/mol. The third kappa shape index (κ3) is 5.95. The number of nitrogens with zero attached hydrogens (tertiary/aromatic N) is 4. The normalized spacial score (nSPS) is 22.2. The van der Waals surface area contributed by atoms with Crippen molar-refractivity contribution < 1.29 is 29.4 Å². The lowest BCUT2D eigenvalue weighted by Gasteiger charge is -2.36. The Morgan fingerprint density at radius 1 is 0.638 bits per heavy atom. The highest BCUT2D eigenvalue weighted by atomic mass is 16.3. The average Bonchev–Trinajstić information content (AvgIpc) is 3.95. The fourth-order valence-electron chi connectivity index (χ4n) is 7.43. The minimum Gasteiger partial charge on any atom is -0.391 e. The maximum absolute atomic E-state index is 12.8. The number of amides is 4. The molecule has 2 aromatic carbocycles. The van der Waals surface area contributed by atoms with Crippen LogP contribution in [0, 0.1) is 0 Å². The number of hydrogen-bond donors (Lipinski definition) is 2. The van der Waals surface area contributed by atoms with Gasteiger partial charge in [-0.1, -0.05) is 0 Å². The number of carbonyl (C=O) groups excluding carboxylic acids is 4. The molecule has 4 aliphatic heterocycles. The highest BCUT2D eigenvalue weighted by molar-refractivity contribution is 6.04. The molecule has 2 saturated carbocycles. The van der Waals surface area contributed by atoms with Crippen molar-refractivity contribution in [3.63, 3.8) is 0 Å². The first-order chi connectivity index (χ1) is 22.4. The third-order valence-electron chi connectivity index (χ3n) is 10.6. The number of fused-ring (bicyclic) bond motifs is 2. The Morgan fingerprint density at radius 2 is 1.06 bits per heavy atom. The lowest BCUT2D eigenvalue weighted by Crippen LogP contribution is -2.53. The summed E-state index contributed by atoms with van der Waals surface area (Å²) >= 11 is 0. The molecule has 1 atom stereocenters. The fraction of sp³-hybridized carbons (Fsp3) is 0.568. The molecule has 47 heavy (non-hydrogen) atoms. The van der Waals surface area contributed by atoms with E-state index in [2.05, 4.69) is 0 Å². The van der Waals surface area contributed by atoms with Gasteiger partial charge in [0.1, 0.15) is 0 Å². The van der Waals surface area contributed by atoms with Gasteiger partial charge in [-0.25, -0.2) is 0 Å². The van der Waals surface area contributed by atoms with Crippen LogP contribution in [0.15, 0.2) is 24.3 Å². The molecule has 4 fully saturated rings. The number of aliphatic hydroxyl groups is 2. The quantitative estimate of drug-likeness (QED) is 0.494. The molecule has 8 rings (SSSR count). The zero-order valence-corrected chi connectivity index (χ0v) is 27.9. The number of aliphatic hydroxyl groups excluding tert-OH is 2. The van der Waals surface area contributed by atoms with Gasteiger partial charge in [-0.2, -0.15) is 0 Å². The van der Waals surface area contributed by atoms with E-state index >= 15 is 0 Å². The van der Waals surface area contributed by atoms with Gasteiger partial charge in [0.25, 0.3) is 23.6 Å². The van der Waals surface area contributed by atoms with Crippen LogP contribution in [-0.4, -0.2) is 104 Å².